The number of rotatable bonds is 8. The van der Waals surface area contributed by atoms with Crippen molar-refractivity contribution in [1.82, 2.24) is 10.1 Å². The molecule has 0 bridgehead atoms. The minimum absolute atomic E-state index is 0.0260. The molecule has 0 unspecified atom stereocenters. The highest BCUT2D eigenvalue weighted by Gasteiger charge is 2.37. The number of ether oxygens (including phenoxy) is 2. The zero-order valence-electron chi connectivity index (χ0n) is 18.8. The van der Waals surface area contributed by atoms with Crippen molar-refractivity contribution in [2.24, 2.45) is 0 Å². The van der Waals surface area contributed by atoms with Gasteiger partial charge in [-0.1, -0.05) is 0 Å². The quantitative estimate of drug-likeness (QED) is 0.420. The van der Waals surface area contributed by atoms with Gasteiger partial charge in [0.15, 0.2) is 11.6 Å². The van der Waals surface area contributed by atoms with Crippen LogP contribution in [-0.4, -0.2) is 72.0 Å². The average Bonchev–Trinajstić information content (AvgIpc) is 2.76. The summed E-state index contributed by atoms with van der Waals surface area (Å²) in [6.07, 6.45) is -0.408. The number of nitrogens with zero attached hydrogens (tertiary/aromatic N) is 2. The van der Waals surface area contributed by atoms with Crippen molar-refractivity contribution >= 4 is 23.5 Å². The largest absolute Gasteiger partial charge is 0.487 e. The van der Waals surface area contributed by atoms with E-state index in [1.165, 1.54) is 24.0 Å². The fourth-order valence-corrected chi connectivity index (χ4v) is 3.33. The minimum Gasteiger partial charge on any atom is -0.487 e. The molecule has 2 aliphatic heterocycles. The summed E-state index contributed by atoms with van der Waals surface area (Å²) in [6.45, 7) is 4.19. The van der Waals surface area contributed by atoms with Gasteiger partial charge in [-0.15, -0.1) is 10.1 Å². The summed E-state index contributed by atoms with van der Waals surface area (Å²) >= 11 is 0. The number of ketones is 2. The van der Waals surface area contributed by atoms with Crippen molar-refractivity contribution < 1.29 is 38.3 Å². The number of hydroxylamine groups is 4. The van der Waals surface area contributed by atoms with E-state index < -0.39 is 11.9 Å². The molecular weight excluding hydrogens is 444 g/mol. The topological polar surface area (TPSA) is 112 Å². The number of Topliss-reactive ketones (excluding diaryl/α,β-unsaturated/α-hetero) is 2. The molecular formula is C24H24N2O8. The first-order chi connectivity index (χ1) is 16.3. The minimum atomic E-state index is -1.12. The van der Waals surface area contributed by atoms with E-state index in [-0.39, 0.29) is 23.8 Å². The summed E-state index contributed by atoms with van der Waals surface area (Å²) in [7, 11) is 0. The predicted molar refractivity (Wildman–Crippen MR) is 117 cm³/mol. The molecule has 0 atom stereocenters. The molecule has 2 heterocycles. The number of carbonyl (C=O) groups is 4. The van der Waals surface area contributed by atoms with Crippen LogP contribution in [0.5, 0.6) is 11.5 Å². The standard InChI is InChI=1S/C24H24N2O8/c1-15(27)17-3-7-19(8-4-17)31-21-11-25(12-21)33-23(29)24(30)34-26-13-22(14-26)32-20-9-5-18(6-10-20)16(2)28/h3-10,21-22H,11-14H2,1-2H3. The van der Waals surface area contributed by atoms with Crippen LogP contribution in [0.4, 0.5) is 0 Å². The third kappa shape index (κ3) is 5.77. The zero-order chi connectivity index (χ0) is 24.2. The Labute approximate surface area is 195 Å². The van der Waals surface area contributed by atoms with Gasteiger partial charge >= 0.3 is 11.9 Å². The van der Waals surface area contributed by atoms with Gasteiger partial charge in [-0.2, -0.15) is 0 Å². The second-order valence-electron chi connectivity index (χ2n) is 8.09. The van der Waals surface area contributed by atoms with Crippen molar-refractivity contribution in [1.29, 1.82) is 0 Å². The first-order valence-corrected chi connectivity index (χ1v) is 10.8. The first kappa shape index (κ1) is 23.4. The molecule has 2 saturated heterocycles. The maximum absolute atomic E-state index is 12.0. The molecule has 2 fully saturated rings. The maximum atomic E-state index is 12.0. The van der Waals surface area contributed by atoms with Crippen molar-refractivity contribution in [3.05, 3.63) is 59.7 Å². The molecule has 0 saturated carbocycles. The van der Waals surface area contributed by atoms with E-state index >= 15 is 0 Å². The van der Waals surface area contributed by atoms with Crippen LogP contribution in [0.2, 0.25) is 0 Å². The molecule has 10 heteroatoms. The summed E-state index contributed by atoms with van der Waals surface area (Å²) in [5.41, 5.74) is 1.19. The van der Waals surface area contributed by atoms with Gasteiger partial charge in [0.05, 0.1) is 26.2 Å². The molecule has 2 aromatic carbocycles. The SMILES string of the molecule is CC(=O)c1ccc(OC2CN(OC(=O)C(=O)ON3CC(Oc4ccc(C(C)=O)cc4)C3)C2)cc1. The van der Waals surface area contributed by atoms with Crippen LogP contribution >= 0.6 is 0 Å². The Hall–Kier alpha value is -3.76. The lowest BCUT2D eigenvalue weighted by molar-refractivity contribution is -0.250. The Morgan fingerprint density at radius 3 is 1.24 bits per heavy atom. The Morgan fingerprint density at radius 2 is 0.941 bits per heavy atom. The first-order valence-electron chi connectivity index (χ1n) is 10.8. The third-order valence-electron chi connectivity index (χ3n) is 5.35. The van der Waals surface area contributed by atoms with E-state index in [2.05, 4.69) is 0 Å². The highest BCUT2D eigenvalue weighted by atomic mass is 16.8. The highest BCUT2D eigenvalue weighted by molar-refractivity contribution is 6.29. The molecule has 0 amide bonds. The summed E-state index contributed by atoms with van der Waals surface area (Å²) < 4.78 is 11.5. The van der Waals surface area contributed by atoms with Crippen molar-refractivity contribution in [2.75, 3.05) is 26.2 Å². The fraction of sp³-hybridized carbons (Fsp3) is 0.333. The summed E-state index contributed by atoms with van der Waals surface area (Å²) in [6, 6.07) is 13.5. The van der Waals surface area contributed by atoms with Crippen molar-refractivity contribution in [3.8, 4) is 11.5 Å². The Kier molecular flexibility index (Phi) is 6.90. The molecule has 0 aliphatic carbocycles. The molecule has 0 aromatic heterocycles. The lowest BCUT2D eigenvalue weighted by Gasteiger charge is -2.38. The van der Waals surface area contributed by atoms with Crippen LogP contribution in [0, 0.1) is 0 Å². The van der Waals surface area contributed by atoms with Crippen LogP contribution in [0.1, 0.15) is 34.6 Å². The van der Waals surface area contributed by atoms with Crippen LogP contribution in [0.15, 0.2) is 48.5 Å². The normalized spacial score (nSPS) is 16.6. The lowest BCUT2D eigenvalue weighted by Crippen LogP contribution is -2.56. The van der Waals surface area contributed by atoms with Crippen molar-refractivity contribution in [3.63, 3.8) is 0 Å². The Morgan fingerprint density at radius 1 is 0.618 bits per heavy atom. The van der Waals surface area contributed by atoms with E-state index in [1.54, 1.807) is 48.5 Å². The van der Waals surface area contributed by atoms with Crippen LogP contribution in [0.3, 0.4) is 0 Å². The second-order valence-corrected chi connectivity index (χ2v) is 8.09. The number of carbonyl (C=O) groups excluding carboxylic acids is 4. The molecule has 10 nitrogen and oxygen atoms in total. The number of benzene rings is 2. The van der Waals surface area contributed by atoms with E-state index in [0.29, 0.717) is 48.8 Å². The molecule has 178 valence electrons. The summed E-state index contributed by atoms with van der Waals surface area (Å²) in [5, 5.41) is 2.62. The van der Waals surface area contributed by atoms with E-state index in [0.717, 1.165) is 0 Å². The number of hydrogen-bond donors (Lipinski definition) is 0. The molecule has 0 radical (unpaired) electrons. The molecule has 0 N–H and O–H groups in total. The van der Waals surface area contributed by atoms with Crippen LogP contribution in [-0.2, 0) is 19.3 Å². The molecule has 4 rings (SSSR count). The van der Waals surface area contributed by atoms with Crippen molar-refractivity contribution in [2.45, 2.75) is 26.1 Å². The van der Waals surface area contributed by atoms with Gasteiger partial charge in [-0.3, -0.25) is 9.59 Å². The highest BCUT2D eigenvalue weighted by Crippen LogP contribution is 2.21. The van der Waals surface area contributed by atoms with Gasteiger partial charge in [0.1, 0.15) is 23.7 Å². The second kappa shape index (κ2) is 10.0. The third-order valence-corrected chi connectivity index (χ3v) is 5.35. The molecule has 0 spiro atoms. The molecule has 2 aromatic rings. The van der Waals surface area contributed by atoms with E-state index in [4.69, 9.17) is 19.1 Å². The Balaban J connectivity index is 1.11. The smallest absolute Gasteiger partial charge is 0.438 e. The van der Waals surface area contributed by atoms with Gasteiger partial charge in [0, 0.05) is 11.1 Å². The molecule has 34 heavy (non-hydrogen) atoms. The van der Waals surface area contributed by atoms with E-state index in [1.807, 2.05) is 0 Å². The van der Waals surface area contributed by atoms with Crippen LogP contribution < -0.4 is 9.47 Å². The van der Waals surface area contributed by atoms with Gasteiger partial charge in [-0.25, -0.2) is 9.59 Å². The number of hydrogen-bond acceptors (Lipinski definition) is 10. The van der Waals surface area contributed by atoms with Crippen LogP contribution in [0.25, 0.3) is 0 Å². The summed E-state index contributed by atoms with van der Waals surface area (Å²) in [4.78, 5) is 56.5. The average molecular weight is 468 g/mol. The fourth-order valence-electron chi connectivity index (χ4n) is 3.33. The Bertz CT molecular complexity index is 984. The summed E-state index contributed by atoms with van der Waals surface area (Å²) in [5.74, 6) is -1.08. The van der Waals surface area contributed by atoms with Gasteiger partial charge in [0.2, 0.25) is 0 Å². The predicted octanol–water partition coefficient (Wildman–Crippen LogP) is 1.83. The maximum Gasteiger partial charge on any atom is 0.438 e. The lowest BCUT2D eigenvalue weighted by atomic mass is 10.1. The van der Waals surface area contributed by atoms with Gasteiger partial charge in [0.25, 0.3) is 0 Å². The van der Waals surface area contributed by atoms with Gasteiger partial charge in [-0.05, 0) is 62.4 Å². The monoisotopic (exact) mass is 468 g/mol. The van der Waals surface area contributed by atoms with E-state index in [9.17, 15) is 19.2 Å². The van der Waals surface area contributed by atoms with Gasteiger partial charge < -0.3 is 19.1 Å². The molecule has 2 aliphatic rings. The zero-order valence-corrected chi connectivity index (χ0v) is 18.8.